The number of aliphatic hydroxyl groups is 1. The van der Waals surface area contributed by atoms with Crippen molar-refractivity contribution in [3.8, 4) is 11.5 Å². The normalized spacial score (nSPS) is 14.7. The highest BCUT2D eigenvalue weighted by molar-refractivity contribution is 5.96. The Kier molecular flexibility index (Phi) is 5.47. The number of β-amino-alcohol motifs (C(OH)–C–C–N with tert-alkyl or cyclic N) is 1. The number of hydrogen-bond acceptors (Lipinski definition) is 7. The molecule has 3 aromatic rings. The number of nitrogens with one attached hydrogen (secondary N) is 2. The Bertz CT molecular complexity index is 1180. The highest BCUT2D eigenvalue weighted by Gasteiger charge is 2.26. The van der Waals surface area contributed by atoms with E-state index in [1.807, 2.05) is 32.0 Å². The zero-order chi connectivity index (χ0) is 22.2. The van der Waals surface area contributed by atoms with E-state index in [4.69, 9.17) is 9.15 Å². The number of aromatic nitrogens is 1. The Morgan fingerprint density at radius 1 is 1.26 bits per heavy atom. The van der Waals surface area contributed by atoms with Gasteiger partial charge in [-0.05, 0) is 38.5 Å². The van der Waals surface area contributed by atoms with Gasteiger partial charge in [-0.1, -0.05) is 12.1 Å². The Balaban J connectivity index is 1.43. The number of aryl methyl sites for hydroxylation is 1. The van der Waals surface area contributed by atoms with Crippen LogP contribution in [0.15, 0.2) is 45.6 Å². The second-order valence-corrected chi connectivity index (χ2v) is 8.27. The number of fused-ring (bicyclic) bond motifs is 2. The summed E-state index contributed by atoms with van der Waals surface area (Å²) in [5.41, 5.74) is 1.60. The summed E-state index contributed by atoms with van der Waals surface area (Å²) in [5, 5.41) is 26.6. The molecule has 1 amide bonds. The summed E-state index contributed by atoms with van der Waals surface area (Å²) in [7, 11) is 0. The summed E-state index contributed by atoms with van der Waals surface area (Å²) in [6, 6.07) is 10.1. The molecular formula is C22H25N3O6. The van der Waals surface area contributed by atoms with E-state index in [1.165, 1.54) is 12.1 Å². The number of carbonyl (C=O) groups excluding carboxylic acids is 1. The molecule has 9 nitrogen and oxygen atoms in total. The van der Waals surface area contributed by atoms with Crippen molar-refractivity contribution < 1.29 is 24.2 Å². The number of benzene rings is 2. The molecule has 0 spiro atoms. The number of ether oxygens (including phenoxy) is 1. The molecule has 1 atom stereocenters. The lowest BCUT2D eigenvalue weighted by Gasteiger charge is -2.29. The molecule has 1 aliphatic heterocycles. The first-order chi connectivity index (χ1) is 14.7. The number of oxazole rings is 1. The van der Waals surface area contributed by atoms with Gasteiger partial charge in [0.25, 0.3) is 5.91 Å². The van der Waals surface area contributed by atoms with E-state index in [1.54, 1.807) is 10.6 Å². The third-order valence-corrected chi connectivity index (χ3v) is 5.39. The maximum Gasteiger partial charge on any atom is 0.419 e. The number of anilines is 1. The van der Waals surface area contributed by atoms with Crippen LogP contribution in [0, 0.1) is 0 Å². The van der Waals surface area contributed by atoms with Gasteiger partial charge in [-0.15, -0.1) is 0 Å². The molecule has 0 saturated heterocycles. The van der Waals surface area contributed by atoms with Crippen molar-refractivity contribution in [2.24, 2.45) is 0 Å². The smallest absolute Gasteiger partial charge is 0.419 e. The van der Waals surface area contributed by atoms with Crippen molar-refractivity contribution in [1.29, 1.82) is 0 Å². The van der Waals surface area contributed by atoms with Gasteiger partial charge in [0.1, 0.15) is 11.5 Å². The molecule has 0 aliphatic carbocycles. The number of amides is 1. The molecule has 0 fully saturated rings. The van der Waals surface area contributed by atoms with Crippen LogP contribution in [0.1, 0.15) is 31.9 Å². The third-order valence-electron chi connectivity index (χ3n) is 5.39. The first kappa shape index (κ1) is 21.0. The summed E-state index contributed by atoms with van der Waals surface area (Å²) >= 11 is 0. The standard InChI is InChI=1S/C22H25N3O6/c1-22(2,7-8-25-16-5-3-4-6-18(16)31-21(25)29)23-11-17(27)14-9-13(26)10-15-20(14)30-12-19(28)24-15/h3-6,9-10,17,23,26-27H,7-8,11-12H2,1-2H3,(H,24,28)/t17-/m0/s1. The number of rotatable bonds is 7. The van der Waals surface area contributed by atoms with E-state index in [-0.39, 0.29) is 24.8 Å². The molecule has 2 aromatic carbocycles. The minimum absolute atomic E-state index is 0.0796. The van der Waals surface area contributed by atoms with Crippen LogP contribution in [0.3, 0.4) is 0 Å². The minimum atomic E-state index is -0.979. The lowest BCUT2D eigenvalue weighted by molar-refractivity contribution is -0.118. The van der Waals surface area contributed by atoms with Gasteiger partial charge < -0.3 is 30.0 Å². The van der Waals surface area contributed by atoms with Gasteiger partial charge in [-0.2, -0.15) is 0 Å². The summed E-state index contributed by atoms with van der Waals surface area (Å²) < 4.78 is 12.3. The number of phenolic OH excluding ortho intramolecular Hbond substituents is 1. The maximum absolute atomic E-state index is 12.2. The van der Waals surface area contributed by atoms with Crippen molar-refractivity contribution in [2.45, 2.75) is 38.5 Å². The first-order valence-electron chi connectivity index (χ1n) is 10.0. The molecule has 4 rings (SSSR count). The van der Waals surface area contributed by atoms with Gasteiger partial charge in [0.05, 0.1) is 17.3 Å². The molecule has 0 bridgehead atoms. The van der Waals surface area contributed by atoms with Gasteiger partial charge in [0, 0.05) is 30.3 Å². The van der Waals surface area contributed by atoms with Crippen molar-refractivity contribution in [1.82, 2.24) is 9.88 Å². The maximum atomic E-state index is 12.2. The van der Waals surface area contributed by atoms with Crippen molar-refractivity contribution in [3.05, 3.63) is 52.5 Å². The van der Waals surface area contributed by atoms with Gasteiger partial charge in [0.15, 0.2) is 12.2 Å². The highest BCUT2D eigenvalue weighted by Crippen LogP contribution is 2.38. The summed E-state index contributed by atoms with van der Waals surface area (Å²) in [5.74, 6) is -0.451. The zero-order valence-electron chi connectivity index (χ0n) is 17.3. The second-order valence-electron chi connectivity index (χ2n) is 8.27. The third kappa shape index (κ3) is 4.42. The van der Waals surface area contributed by atoms with Gasteiger partial charge in [-0.3, -0.25) is 9.36 Å². The average Bonchev–Trinajstić information content (AvgIpc) is 3.04. The molecule has 1 aromatic heterocycles. The fraction of sp³-hybridized carbons (Fsp3) is 0.364. The largest absolute Gasteiger partial charge is 0.508 e. The number of phenols is 1. The first-order valence-corrected chi connectivity index (χ1v) is 10.0. The Morgan fingerprint density at radius 2 is 2.03 bits per heavy atom. The van der Waals surface area contributed by atoms with Gasteiger partial charge >= 0.3 is 5.76 Å². The van der Waals surface area contributed by atoms with Crippen LogP contribution < -0.4 is 21.1 Å². The van der Waals surface area contributed by atoms with E-state index >= 15 is 0 Å². The lowest BCUT2D eigenvalue weighted by Crippen LogP contribution is -2.42. The SMILES string of the molecule is CC(C)(CCn1c(=O)oc2ccccc21)NC[C@H](O)c1cc(O)cc2c1OCC(=O)N2. The Labute approximate surface area is 178 Å². The number of aliphatic hydroxyl groups excluding tert-OH is 1. The van der Waals surface area contributed by atoms with Crippen LogP contribution in [0.25, 0.3) is 11.1 Å². The number of carbonyl (C=O) groups is 1. The molecule has 2 heterocycles. The van der Waals surface area contributed by atoms with E-state index < -0.39 is 17.4 Å². The fourth-order valence-corrected chi connectivity index (χ4v) is 3.65. The van der Waals surface area contributed by atoms with E-state index in [0.29, 0.717) is 35.5 Å². The Morgan fingerprint density at radius 3 is 2.84 bits per heavy atom. The molecule has 164 valence electrons. The predicted octanol–water partition coefficient (Wildman–Crippen LogP) is 2.12. The van der Waals surface area contributed by atoms with Crippen LogP contribution in [0.2, 0.25) is 0 Å². The highest BCUT2D eigenvalue weighted by atomic mass is 16.5. The van der Waals surface area contributed by atoms with E-state index in [9.17, 15) is 19.8 Å². The van der Waals surface area contributed by atoms with E-state index in [0.717, 1.165) is 5.52 Å². The van der Waals surface area contributed by atoms with E-state index in [2.05, 4.69) is 10.6 Å². The molecular weight excluding hydrogens is 402 g/mol. The second kappa shape index (κ2) is 8.09. The fourth-order valence-electron chi connectivity index (χ4n) is 3.65. The number of para-hydroxylation sites is 2. The number of aromatic hydroxyl groups is 1. The van der Waals surface area contributed by atoms with Gasteiger partial charge in [-0.25, -0.2) is 4.79 Å². The topological polar surface area (TPSA) is 126 Å². The van der Waals surface area contributed by atoms with Crippen LogP contribution in [0.5, 0.6) is 11.5 Å². The van der Waals surface area contributed by atoms with Gasteiger partial charge in [0.2, 0.25) is 0 Å². The lowest BCUT2D eigenvalue weighted by atomic mass is 9.99. The zero-order valence-corrected chi connectivity index (χ0v) is 17.3. The summed E-state index contributed by atoms with van der Waals surface area (Å²) in [6.07, 6.45) is -0.374. The Hall–Kier alpha value is -3.30. The quantitative estimate of drug-likeness (QED) is 0.455. The molecule has 0 unspecified atom stereocenters. The number of nitrogens with zero attached hydrogens (tertiary/aromatic N) is 1. The minimum Gasteiger partial charge on any atom is -0.508 e. The van der Waals surface area contributed by atoms with Crippen LogP contribution in [-0.4, -0.2) is 39.4 Å². The molecule has 4 N–H and O–H groups in total. The summed E-state index contributed by atoms with van der Waals surface area (Å²) in [4.78, 5) is 23.7. The van der Waals surface area contributed by atoms with Crippen molar-refractivity contribution in [2.75, 3.05) is 18.5 Å². The predicted molar refractivity (Wildman–Crippen MR) is 114 cm³/mol. The van der Waals surface area contributed by atoms with Crippen LogP contribution >= 0.6 is 0 Å². The molecule has 31 heavy (non-hydrogen) atoms. The van der Waals surface area contributed by atoms with Crippen molar-refractivity contribution >= 4 is 22.7 Å². The summed E-state index contributed by atoms with van der Waals surface area (Å²) in [6.45, 7) is 4.43. The molecule has 0 radical (unpaired) electrons. The molecule has 0 saturated carbocycles. The number of hydrogen-bond donors (Lipinski definition) is 4. The monoisotopic (exact) mass is 427 g/mol. The average molecular weight is 427 g/mol. The molecule has 1 aliphatic rings. The molecule has 9 heteroatoms. The van der Waals surface area contributed by atoms with Crippen molar-refractivity contribution in [3.63, 3.8) is 0 Å². The van der Waals surface area contributed by atoms with Crippen LogP contribution in [0.4, 0.5) is 5.69 Å². The van der Waals surface area contributed by atoms with Crippen LogP contribution in [-0.2, 0) is 11.3 Å².